The molecule has 0 atom stereocenters. The monoisotopic (exact) mass is 311 g/mol. The van der Waals surface area contributed by atoms with E-state index in [0.29, 0.717) is 5.75 Å². The zero-order valence-electron chi connectivity index (χ0n) is 12.2. The number of nitrogens with zero attached hydrogens (tertiary/aromatic N) is 2. The lowest BCUT2D eigenvalue weighted by Gasteiger charge is -2.07. The van der Waals surface area contributed by atoms with Crippen LogP contribution in [0, 0.1) is 0 Å². The van der Waals surface area contributed by atoms with Crippen LogP contribution < -0.4 is 9.47 Å². The van der Waals surface area contributed by atoms with Crippen molar-refractivity contribution in [3.63, 3.8) is 0 Å². The highest BCUT2D eigenvalue weighted by Crippen LogP contribution is 2.28. The van der Waals surface area contributed by atoms with E-state index in [1.807, 2.05) is 36.4 Å². The van der Waals surface area contributed by atoms with E-state index in [4.69, 9.17) is 14.6 Å². The van der Waals surface area contributed by atoms with Crippen molar-refractivity contribution in [2.24, 2.45) is 0 Å². The minimum absolute atomic E-state index is 0.0793. The molecule has 0 saturated carbocycles. The third-order valence-corrected chi connectivity index (χ3v) is 3.20. The third-order valence-electron chi connectivity index (χ3n) is 3.20. The predicted octanol–water partition coefficient (Wildman–Crippen LogP) is 2.97. The van der Waals surface area contributed by atoms with Gasteiger partial charge in [0.2, 0.25) is 5.69 Å². The highest BCUT2D eigenvalue weighted by atomic mass is 16.5. The van der Waals surface area contributed by atoms with Crippen LogP contribution in [0.2, 0.25) is 0 Å². The van der Waals surface area contributed by atoms with Gasteiger partial charge in [-0.1, -0.05) is 34.6 Å². The number of aromatic carboxylic acids is 1. The van der Waals surface area contributed by atoms with Crippen LogP contribution in [0.5, 0.6) is 17.4 Å². The van der Waals surface area contributed by atoms with Crippen molar-refractivity contribution in [1.29, 1.82) is 0 Å². The molecule has 0 fully saturated rings. The molecule has 0 spiro atoms. The van der Waals surface area contributed by atoms with Gasteiger partial charge >= 0.3 is 5.97 Å². The Morgan fingerprint density at radius 1 is 1.09 bits per heavy atom. The minimum Gasteiger partial charge on any atom is -0.497 e. The van der Waals surface area contributed by atoms with Crippen molar-refractivity contribution in [2.45, 2.75) is 0 Å². The van der Waals surface area contributed by atoms with E-state index >= 15 is 0 Å². The lowest BCUT2D eigenvalue weighted by molar-refractivity contribution is 0.0687. The molecular weight excluding hydrogens is 298 g/mol. The van der Waals surface area contributed by atoms with Gasteiger partial charge in [0, 0.05) is 0 Å². The Morgan fingerprint density at radius 2 is 1.87 bits per heavy atom. The Labute approximate surface area is 131 Å². The molecule has 2 N–H and O–H groups in total. The van der Waals surface area contributed by atoms with Gasteiger partial charge < -0.3 is 14.6 Å². The Morgan fingerprint density at radius 3 is 2.57 bits per heavy atom. The number of ether oxygens (including phenoxy) is 2. The minimum atomic E-state index is -1.18. The second-order valence-electron chi connectivity index (χ2n) is 4.66. The van der Waals surface area contributed by atoms with E-state index in [-0.39, 0.29) is 11.6 Å². The average molecular weight is 311 g/mol. The number of aromatic amines is 1. The molecule has 7 nitrogen and oxygen atoms in total. The van der Waals surface area contributed by atoms with Crippen molar-refractivity contribution in [1.82, 2.24) is 15.4 Å². The van der Waals surface area contributed by atoms with Gasteiger partial charge in [-0.25, -0.2) is 9.89 Å². The first-order valence-electron chi connectivity index (χ1n) is 6.74. The summed E-state index contributed by atoms with van der Waals surface area (Å²) in [7, 11) is 1.61. The number of carbonyl (C=O) groups is 1. The highest BCUT2D eigenvalue weighted by Gasteiger charge is 2.16. The number of hydrogen-bond donors (Lipinski definition) is 2. The largest absolute Gasteiger partial charge is 0.497 e. The number of nitrogens with one attached hydrogen (secondary N) is 1. The standard InChI is InChI=1S/C16H13N3O4/c1-22-12-7-5-10(6-8-12)11-3-2-4-13(9-11)23-15-14(16(20)21)17-19-18-15/h2-9H,1H3,(H,20,21)(H,17,18,19). The SMILES string of the molecule is COc1ccc(-c2cccc(Oc3nn[nH]c3C(=O)O)c2)cc1. The van der Waals surface area contributed by atoms with Gasteiger partial charge in [0.15, 0.2) is 0 Å². The van der Waals surface area contributed by atoms with E-state index in [1.165, 1.54) is 0 Å². The number of rotatable bonds is 5. The molecule has 0 aliphatic heterocycles. The van der Waals surface area contributed by atoms with Crippen molar-refractivity contribution in [2.75, 3.05) is 7.11 Å². The summed E-state index contributed by atoms with van der Waals surface area (Å²) >= 11 is 0. The van der Waals surface area contributed by atoms with Crippen molar-refractivity contribution < 1.29 is 19.4 Å². The Hall–Kier alpha value is -3.35. The van der Waals surface area contributed by atoms with Crippen molar-refractivity contribution in [3.8, 4) is 28.5 Å². The van der Waals surface area contributed by atoms with Crippen LogP contribution in [0.1, 0.15) is 10.5 Å². The lowest BCUT2D eigenvalue weighted by Crippen LogP contribution is -1.99. The smallest absolute Gasteiger partial charge is 0.359 e. The predicted molar refractivity (Wildman–Crippen MR) is 81.8 cm³/mol. The van der Waals surface area contributed by atoms with Crippen molar-refractivity contribution in [3.05, 3.63) is 54.2 Å². The second-order valence-corrected chi connectivity index (χ2v) is 4.66. The molecule has 7 heteroatoms. The van der Waals surface area contributed by atoms with Crippen LogP contribution in [0.25, 0.3) is 11.1 Å². The maximum atomic E-state index is 11.0. The number of H-pyrrole nitrogens is 1. The Balaban J connectivity index is 1.87. The van der Waals surface area contributed by atoms with E-state index in [9.17, 15) is 4.79 Å². The van der Waals surface area contributed by atoms with E-state index in [2.05, 4.69) is 15.4 Å². The Kier molecular flexibility index (Phi) is 3.92. The summed E-state index contributed by atoms with van der Waals surface area (Å²) in [6.07, 6.45) is 0. The molecule has 23 heavy (non-hydrogen) atoms. The van der Waals surface area contributed by atoms with Crippen molar-refractivity contribution >= 4 is 5.97 Å². The van der Waals surface area contributed by atoms with Crippen LogP contribution in [0.4, 0.5) is 0 Å². The maximum Gasteiger partial charge on any atom is 0.359 e. The Bertz CT molecular complexity index is 827. The first-order chi connectivity index (χ1) is 11.2. The molecule has 1 aromatic heterocycles. The zero-order valence-corrected chi connectivity index (χ0v) is 12.2. The fourth-order valence-corrected chi connectivity index (χ4v) is 2.06. The number of hydrogen-bond acceptors (Lipinski definition) is 5. The van der Waals surface area contributed by atoms with Crippen LogP contribution in [0.3, 0.4) is 0 Å². The highest BCUT2D eigenvalue weighted by molar-refractivity contribution is 5.87. The van der Waals surface area contributed by atoms with Gasteiger partial charge in [-0.3, -0.25) is 0 Å². The van der Waals surface area contributed by atoms with Gasteiger partial charge in [-0.05, 0) is 35.4 Å². The van der Waals surface area contributed by atoms with Gasteiger partial charge in [-0.15, -0.1) is 0 Å². The summed E-state index contributed by atoms with van der Waals surface area (Å²) in [5, 5.41) is 18.4. The van der Waals surface area contributed by atoms with Gasteiger partial charge in [-0.2, -0.15) is 0 Å². The number of aromatic nitrogens is 3. The summed E-state index contributed by atoms with van der Waals surface area (Å²) in [5.41, 5.74) is 1.71. The molecule has 0 saturated heterocycles. The molecule has 116 valence electrons. The second kappa shape index (κ2) is 6.18. The third kappa shape index (κ3) is 3.13. The van der Waals surface area contributed by atoms with Gasteiger partial charge in [0.05, 0.1) is 7.11 Å². The van der Waals surface area contributed by atoms with E-state index in [1.54, 1.807) is 19.2 Å². The van der Waals surface area contributed by atoms with Gasteiger partial charge in [0.1, 0.15) is 11.5 Å². The number of carboxylic acid groups (broad SMARTS) is 1. The quantitative estimate of drug-likeness (QED) is 0.752. The first kappa shape index (κ1) is 14.6. The molecule has 0 unspecified atom stereocenters. The summed E-state index contributed by atoms with van der Waals surface area (Å²) in [4.78, 5) is 11.0. The van der Waals surface area contributed by atoms with Gasteiger partial charge in [0.25, 0.3) is 5.88 Å². The molecular formula is C16H13N3O4. The fourth-order valence-electron chi connectivity index (χ4n) is 2.06. The first-order valence-corrected chi connectivity index (χ1v) is 6.74. The summed E-state index contributed by atoms with van der Waals surface area (Å²) in [6.45, 7) is 0. The molecule has 0 aliphatic rings. The number of carboxylic acids is 1. The topological polar surface area (TPSA) is 97.3 Å². The molecule has 2 aromatic carbocycles. The number of benzene rings is 2. The fraction of sp³-hybridized carbons (Fsp3) is 0.0625. The van der Waals surface area contributed by atoms with Crippen LogP contribution in [-0.4, -0.2) is 33.6 Å². The van der Waals surface area contributed by atoms with E-state index < -0.39 is 5.97 Å². The summed E-state index contributed by atoms with van der Waals surface area (Å²) in [5.74, 6) is -0.0229. The average Bonchev–Trinajstić information content (AvgIpc) is 3.03. The van der Waals surface area contributed by atoms with Crippen LogP contribution >= 0.6 is 0 Å². The van der Waals surface area contributed by atoms with Crippen LogP contribution in [0.15, 0.2) is 48.5 Å². The zero-order chi connectivity index (χ0) is 16.2. The lowest BCUT2D eigenvalue weighted by atomic mass is 10.1. The molecule has 3 aromatic rings. The summed E-state index contributed by atoms with van der Waals surface area (Å²) in [6, 6.07) is 14.8. The maximum absolute atomic E-state index is 11.0. The van der Waals surface area contributed by atoms with E-state index in [0.717, 1.165) is 16.9 Å². The molecule has 0 amide bonds. The molecule has 0 bridgehead atoms. The van der Waals surface area contributed by atoms with Crippen LogP contribution in [-0.2, 0) is 0 Å². The number of methoxy groups -OCH3 is 1. The molecule has 3 rings (SSSR count). The molecule has 0 radical (unpaired) electrons. The molecule has 0 aliphatic carbocycles. The normalized spacial score (nSPS) is 10.3. The summed E-state index contributed by atoms with van der Waals surface area (Å²) < 4.78 is 10.6. The molecule has 1 heterocycles.